The van der Waals surface area contributed by atoms with Gasteiger partial charge in [-0.3, -0.25) is 14.5 Å². The highest BCUT2D eigenvalue weighted by Crippen LogP contribution is 2.31. The minimum absolute atomic E-state index is 0.0561. The van der Waals surface area contributed by atoms with Gasteiger partial charge in [-0.1, -0.05) is 18.6 Å². The van der Waals surface area contributed by atoms with Crippen LogP contribution < -0.4 is 20.3 Å². The number of rotatable bonds is 6. The molecule has 7 nitrogen and oxygen atoms in total. The van der Waals surface area contributed by atoms with E-state index in [-0.39, 0.29) is 6.04 Å². The Labute approximate surface area is 196 Å². The van der Waals surface area contributed by atoms with Crippen LogP contribution in [-0.2, 0) is 16.0 Å². The van der Waals surface area contributed by atoms with Crippen molar-refractivity contribution in [3.05, 3.63) is 53.6 Å². The molecular weight excluding hydrogens is 416 g/mol. The van der Waals surface area contributed by atoms with Crippen LogP contribution in [0.1, 0.15) is 42.9 Å². The largest absolute Gasteiger partial charge is 0.497 e. The highest BCUT2D eigenvalue weighted by molar-refractivity contribution is 6.39. The van der Waals surface area contributed by atoms with E-state index in [9.17, 15) is 9.59 Å². The van der Waals surface area contributed by atoms with Gasteiger partial charge in [-0.2, -0.15) is 0 Å². The van der Waals surface area contributed by atoms with Gasteiger partial charge >= 0.3 is 11.8 Å². The predicted molar refractivity (Wildman–Crippen MR) is 131 cm³/mol. The Morgan fingerprint density at radius 3 is 2.45 bits per heavy atom. The van der Waals surface area contributed by atoms with E-state index in [0.717, 1.165) is 45.3 Å². The van der Waals surface area contributed by atoms with E-state index in [1.165, 1.54) is 23.2 Å². The van der Waals surface area contributed by atoms with E-state index in [4.69, 9.17) is 4.74 Å². The molecule has 33 heavy (non-hydrogen) atoms. The van der Waals surface area contributed by atoms with Gasteiger partial charge in [0.05, 0.1) is 13.2 Å². The third kappa shape index (κ3) is 5.66. The zero-order valence-electron chi connectivity index (χ0n) is 19.6. The van der Waals surface area contributed by atoms with Gasteiger partial charge in [0.25, 0.3) is 0 Å². The number of carbonyl (C=O) groups is 2. The number of hydrogen-bond acceptors (Lipinski definition) is 5. The summed E-state index contributed by atoms with van der Waals surface area (Å²) in [6.45, 7) is 3.51. The molecule has 2 aliphatic rings. The number of methoxy groups -OCH3 is 1. The van der Waals surface area contributed by atoms with Crippen LogP contribution in [0.25, 0.3) is 0 Å². The lowest BCUT2D eigenvalue weighted by Gasteiger charge is -2.36. The fourth-order valence-electron chi connectivity index (χ4n) is 4.83. The van der Waals surface area contributed by atoms with Crippen molar-refractivity contribution in [1.82, 2.24) is 10.2 Å². The van der Waals surface area contributed by atoms with Gasteiger partial charge in [-0.15, -0.1) is 0 Å². The fraction of sp³-hybridized carbons (Fsp3) is 0.462. The number of carbonyl (C=O) groups excluding carboxylic acids is 2. The molecule has 2 N–H and O–H groups in total. The number of nitrogens with one attached hydrogen (secondary N) is 2. The minimum atomic E-state index is -0.662. The van der Waals surface area contributed by atoms with E-state index in [2.05, 4.69) is 45.7 Å². The topological polar surface area (TPSA) is 73.9 Å². The van der Waals surface area contributed by atoms with Crippen LogP contribution >= 0.6 is 0 Å². The molecule has 2 aromatic carbocycles. The standard InChI is InChI=1S/C26H34N4O3/c1-29-14-6-7-19-17-20(8-13-23(19)29)24(30-15-4-3-5-16-30)18-27-25(31)26(32)28-21-9-11-22(33-2)12-10-21/h8-13,17,24H,3-7,14-16,18H2,1-2H3,(H,27,31)(H,28,32)/t24-/m1/s1. The number of anilines is 2. The van der Waals surface area contributed by atoms with Gasteiger partial charge in [0.15, 0.2) is 0 Å². The maximum absolute atomic E-state index is 12.6. The Bertz CT molecular complexity index is 970. The van der Waals surface area contributed by atoms with Crippen LogP contribution in [-0.4, -0.2) is 57.1 Å². The number of nitrogens with zero attached hydrogens (tertiary/aromatic N) is 2. The second kappa shape index (κ2) is 10.7. The van der Waals surface area contributed by atoms with Gasteiger partial charge in [-0.25, -0.2) is 0 Å². The lowest BCUT2D eigenvalue weighted by Crippen LogP contribution is -2.43. The van der Waals surface area contributed by atoms with Crippen molar-refractivity contribution < 1.29 is 14.3 Å². The monoisotopic (exact) mass is 450 g/mol. The van der Waals surface area contributed by atoms with Crippen LogP contribution in [0, 0.1) is 0 Å². The second-order valence-electron chi connectivity index (χ2n) is 8.92. The number of ether oxygens (including phenoxy) is 1. The normalized spacial score (nSPS) is 17.1. The molecule has 176 valence electrons. The molecule has 0 radical (unpaired) electrons. The Morgan fingerprint density at radius 2 is 1.73 bits per heavy atom. The summed E-state index contributed by atoms with van der Waals surface area (Å²) in [6, 6.07) is 13.7. The van der Waals surface area contributed by atoms with Gasteiger partial charge < -0.3 is 20.3 Å². The first-order chi connectivity index (χ1) is 16.0. The van der Waals surface area contributed by atoms with Crippen molar-refractivity contribution in [2.45, 2.75) is 38.1 Å². The predicted octanol–water partition coefficient (Wildman–Crippen LogP) is 3.36. The zero-order valence-corrected chi connectivity index (χ0v) is 19.6. The second-order valence-corrected chi connectivity index (χ2v) is 8.92. The van der Waals surface area contributed by atoms with E-state index >= 15 is 0 Å². The first kappa shape index (κ1) is 23.1. The van der Waals surface area contributed by atoms with E-state index in [1.54, 1.807) is 31.4 Å². The molecule has 1 fully saturated rings. The summed E-state index contributed by atoms with van der Waals surface area (Å²) in [4.78, 5) is 29.8. The molecule has 0 aromatic heterocycles. The smallest absolute Gasteiger partial charge is 0.313 e. The molecule has 2 aliphatic heterocycles. The lowest BCUT2D eigenvalue weighted by atomic mass is 9.95. The molecule has 0 bridgehead atoms. The van der Waals surface area contributed by atoms with Crippen LogP contribution in [0.4, 0.5) is 11.4 Å². The minimum Gasteiger partial charge on any atom is -0.497 e. The highest BCUT2D eigenvalue weighted by Gasteiger charge is 2.26. The molecule has 1 atom stereocenters. The average molecular weight is 451 g/mol. The van der Waals surface area contributed by atoms with E-state index in [0.29, 0.717) is 18.0 Å². The fourth-order valence-corrected chi connectivity index (χ4v) is 4.83. The zero-order chi connectivity index (χ0) is 23.2. The summed E-state index contributed by atoms with van der Waals surface area (Å²) >= 11 is 0. The summed E-state index contributed by atoms with van der Waals surface area (Å²) < 4.78 is 5.13. The van der Waals surface area contributed by atoms with E-state index < -0.39 is 11.8 Å². The third-order valence-electron chi connectivity index (χ3n) is 6.68. The summed E-state index contributed by atoms with van der Waals surface area (Å²) in [5.41, 5.74) is 4.43. The third-order valence-corrected chi connectivity index (χ3v) is 6.68. The SMILES string of the molecule is COc1ccc(NC(=O)C(=O)NC[C@H](c2ccc3c(c2)CCCN3C)N2CCCCC2)cc1. The summed E-state index contributed by atoms with van der Waals surface area (Å²) in [7, 11) is 3.72. The van der Waals surface area contributed by atoms with Crippen LogP contribution in [0.2, 0.25) is 0 Å². The molecule has 1 saturated heterocycles. The molecule has 2 heterocycles. The Hall–Kier alpha value is -3.06. The first-order valence-corrected chi connectivity index (χ1v) is 11.9. The van der Waals surface area contributed by atoms with Gasteiger partial charge in [0.2, 0.25) is 0 Å². The van der Waals surface area contributed by atoms with Crippen molar-refractivity contribution in [3.63, 3.8) is 0 Å². The van der Waals surface area contributed by atoms with Crippen molar-refractivity contribution in [3.8, 4) is 5.75 Å². The van der Waals surface area contributed by atoms with Crippen molar-refractivity contribution >= 4 is 23.2 Å². The van der Waals surface area contributed by atoms with Gasteiger partial charge in [0, 0.05) is 31.5 Å². The number of piperidine rings is 1. The summed E-state index contributed by atoms with van der Waals surface area (Å²) in [6.07, 6.45) is 5.81. The summed E-state index contributed by atoms with van der Waals surface area (Å²) in [5, 5.41) is 5.54. The molecular formula is C26H34N4O3. The van der Waals surface area contributed by atoms with E-state index in [1.807, 2.05) is 0 Å². The number of amides is 2. The molecule has 0 saturated carbocycles. The van der Waals surface area contributed by atoms with Gasteiger partial charge in [-0.05, 0) is 80.2 Å². The number of aryl methyl sites for hydroxylation is 1. The van der Waals surface area contributed by atoms with Crippen LogP contribution in [0.5, 0.6) is 5.75 Å². The lowest BCUT2D eigenvalue weighted by molar-refractivity contribution is -0.136. The quantitative estimate of drug-likeness (QED) is 0.661. The Kier molecular flexibility index (Phi) is 7.50. The first-order valence-electron chi connectivity index (χ1n) is 11.9. The van der Waals surface area contributed by atoms with Crippen molar-refractivity contribution in [1.29, 1.82) is 0 Å². The number of fused-ring (bicyclic) bond motifs is 1. The average Bonchev–Trinajstić information content (AvgIpc) is 2.85. The Morgan fingerprint density at radius 1 is 0.970 bits per heavy atom. The van der Waals surface area contributed by atoms with Gasteiger partial charge in [0.1, 0.15) is 5.75 Å². The molecule has 2 amide bonds. The molecule has 0 aliphatic carbocycles. The van der Waals surface area contributed by atoms with Crippen molar-refractivity contribution in [2.24, 2.45) is 0 Å². The molecule has 4 rings (SSSR count). The van der Waals surface area contributed by atoms with Crippen LogP contribution in [0.3, 0.4) is 0 Å². The maximum Gasteiger partial charge on any atom is 0.313 e. The number of likely N-dealkylation sites (tertiary alicyclic amines) is 1. The maximum atomic E-state index is 12.6. The molecule has 2 aromatic rings. The van der Waals surface area contributed by atoms with Crippen molar-refractivity contribution in [2.75, 3.05) is 50.6 Å². The van der Waals surface area contributed by atoms with Crippen LogP contribution in [0.15, 0.2) is 42.5 Å². The Balaban J connectivity index is 1.44. The summed E-state index contributed by atoms with van der Waals surface area (Å²) in [5.74, 6) is -0.590. The number of benzene rings is 2. The molecule has 0 unspecified atom stereocenters. The molecule has 7 heteroatoms. The highest BCUT2D eigenvalue weighted by atomic mass is 16.5. The molecule has 0 spiro atoms. The number of hydrogen-bond donors (Lipinski definition) is 2.